The summed E-state index contributed by atoms with van der Waals surface area (Å²) in [5.74, 6) is 0. The van der Waals surface area contributed by atoms with E-state index < -0.39 is 14.3 Å². The maximum atomic E-state index is 9.84. The van der Waals surface area contributed by atoms with Gasteiger partial charge >= 0.3 is 0 Å². The molecular weight excluding hydrogens is 207 g/mol. The van der Waals surface area contributed by atoms with Crippen LogP contribution in [0.3, 0.4) is 0 Å². The normalized spacial score (nSPS) is 14.4. The van der Waals surface area contributed by atoms with Gasteiger partial charge in [-0.3, -0.25) is 4.55 Å². The van der Waals surface area contributed by atoms with Crippen LogP contribution in [0, 0.1) is 0 Å². The van der Waals surface area contributed by atoms with E-state index in [1.165, 1.54) is 6.92 Å². The van der Waals surface area contributed by atoms with Gasteiger partial charge in [-0.1, -0.05) is 15.9 Å². The van der Waals surface area contributed by atoms with Gasteiger partial charge in [0.15, 0.2) is 0 Å². The second-order valence-electron chi connectivity index (χ2n) is 1.06. The van der Waals surface area contributed by atoms with Crippen molar-refractivity contribution in [3.8, 4) is 0 Å². The van der Waals surface area contributed by atoms with Crippen LogP contribution in [0.2, 0.25) is 0 Å². The topological polar surface area (TPSA) is 54.4 Å². The van der Waals surface area contributed by atoms with Crippen molar-refractivity contribution in [3.05, 3.63) is 0 Å². The fourth-order valence-corrected chi connectivity index (χ4v) is 0. The first-order valence-electron chi connectivity index (χ1n) is 1.55. The predicted octanol–water partition coefficient (Wildman–Crippen LogP) is 0.234. The van der Waals surface area contributed by atoms with Crippen molar-refractivity contribution in [2.45, 2.75) is 11.1 Å². The van der Waals surface area contributed by atoms with E-state index in [9.17, 15) is 8.42 Å². The largest absolute Gasteiger partial charge is 0.285 e. The zero-order valence-electron chi connectivity index (χ0n) is 4.63. The first kappa shape index (κ1) is 12.1. The smallest absolute Gasteiger partial charge is 0.277 e. The summed E-state index contributed by atoms with van der Waals surface area (Å²) < 4.78 is 26.8. The average molecular weight is 212 g/mol. The molecule has 0 fully saturated rings. The summed E-state index contributed by atoms with van der Waals surface area (Å²) in [5.41, 5.74) is 0. The molecule has 0 spiro atoms. The van der Waals surface area contributed by atoms with Crippen molar-refractivity contribution in [1.82, 2.24) is 0 Å². The molecule has 0 rings (SSSR count). The van der Waals surface area contributed by atoms with Crippen LogP contribution in [0.4, 0.5) is 0 Å². The van der Waals surface area contributed by atoms with Crippen molar-refractivity contribution in [1.29, 1.82) is 0 Å². The van der Waals surface area contributed by atoms with Crippen LogP contribution in [0.25, 0.3) is 0 Å². The van der Waals surface area contributed by atoms with E-state index in [0.717, 1.165) is 0 Å². The maximum Gasteiger partial charge on any atom is 0.277 e. The predicted molar refractivity (Wildman–Crippen MR) is 35.7 cm³/mol. The molecule has 0 aromatic heterocycles. The third kappa shape index (κ3) is 5.53. The van der Waals surface area contributed by atoms with Crippen LogP contribution in [-0.2, 0) is 10.1 Å². The molecule has 0 amide bonds. The molecule has 1 radical (unpaired) electrons. The molecule has 1 atom stereocenters. The molecule has 0 aromatic carbocycles. The van der Waals surface area contributed by atoms with Gasteiger partial charge in [0.1, 0.15) is 4.16 Å². The van der Waals surface area contributed by atoms with Crippen LogP contribution in [-0.4, -0.2) is 46.7 Å². The molecule has 45 valence electrons. The third-order valence-electron chi connectivity index (χ3n) is 0.410. The van der Waals surface area contributed by atoms with Gasteiger partial charge in [0.05, 0.1) is 0 Å². The van der Waals surface area contributed by atoms with Gasteiger partial charge in [0.2, 0.25) is 0 Å². The Hall–Kier alpha value is 1.39. The first-order valence-corrected chi connectivity index (χ1v) is 3.97. The summed E-state index contributed by atoms with van der Waals surface area (Å²) in [7, 11) is -3.82. The Labute approximate surface area is 79.0 Å². The van der Waals surface area contributed by atoms with Crippen LogP contribution in [0.15, 0.2) is 0 Å². The summed E-state index contributed by atoms with van der Waals surface area (Å²) in [4.78, 5) is 0. The summed E-state index contributed by atoms with van der Waals surface area (Å²) in [6, 6.07) is 0. The molecule has 1 N–H and O–H groups in total. The molecule has 0 heterocycles. The summed E-state index contributed by atoms with van der Waals surface area (Å²) in [5, 5.41) is 0. The van der Waals surface area contributed by atoms with Crippen molar-refractivity contribution < 1.29 is 13.0 Å². The summed E-state index contributed by atoms with van der Waals surface area (Å²) in [6.45, 7) is 1.33. The fourth-order valence-electron chi connectivity index (χ4n) is 0. The maximum absolute atomic E-state index is 9.84. The van der Waals surface area contributed by atoms with Gasteiger partial charge in [-0.2, -0.15) is 8.42 Å². The molecule has 0 aliphatic carbocycles. The van der Waals surface area contributed by atoms with Crippen molar-refractivity contribution in [2.75, 3.05) is 0 Å². The minimum absolute atomic E-state index is 0. The molecule has 6 heteroatoms. The Bertz CT molecular complexity index is 139. The van der Waals surface area contributed by atoms with Crippen LogP contribution in [0.5, 0.6) is 0 Å². The Morgan fingerprint density at radius 2 is 1.75 bits per heavy atom. The van der Waals surface area contributed by atoms with E-state index >= 15 is 0 Å². The number of rotatable bonds is 1. The number of alkyl halides is 1. The van der Waals surface area contributed by atoms with Gasteiger partial charge in [-0.25, -0.2) is 0 Å². The van der Waals surface area contributed by atoms with Gasteiger partial charge in [-0.05, 0) is 6.92 Å². The molecule has 0 saturated carbocycles. The number of halogens is 1. The SMILES string of the molecule is CC(Br)S(=O)(=O)O.[Na]. The minimum atomic E-state index is -3.82. The van der Waals surface area contributed by atoms with Crippen LogP contribution < -0.4 is 0 Å². The van der Waals surface area contributed by atoms with Crippen LogP contribution in [0.1, 0.15) is 6.92 Å². The van der Waals surface area contributed by atoms with Gasteiger partial charge in [0, 0.05) is 29.6 Å². The molecule has 8 heavy (non-hydrogen) atoms. The summed E-state index contributed by atoms with van der Waals surface area (Å²) >= 11 is 2.66. The molecular formula is C2H5BrNaO3S. The number of hydrogen-bond donors (Lipinski definition) is 1. The second kappa shape index (κ2) is 4.24. The molecule has 0 aliphatic rings. The number of hydrogen-bond acceptors (Lipinski definition) is 2. The van der Waals surface area contributed by atoms with E-state index in [1.54, 1.807) is 0 Å². The standard InChI is InChI=1S/C2H5BrO3S.Na/c1-2(3)7(4,5)6;/h2H,1H3,(H,4,5,6);. The van der Waals surface area contributed by atoms with Crippen molar-refractivity contribution >= 4 is 55.6 Å². The van der Waals surface area contributed by atoms with E-state index in [0.29, 0.717) is 0 Å². The second-order valence-corrected chi connectivity index (χ2v) is 4.77. The Kier molecular flexibility index (Phi) is 6.42. The molecule has 3 nitrogen and oxygen atoms in total. The Balaban J connectivity index is 0. The van der Waals surface area contributed by atoms with Gasteiger partial charge < -0.3 is 0 Å². The molecule has 1 unspecified atom stereocenters. The first-order chi connectivity index (χ1) is 2.94. The van der Waals surface area contributed by atoms with Gasteiger partial charge in [-0.15, -0.1) is 0 Å². The summed E-state index contributed by atoms with van der Waals surface area (Å²) in [6.07, 6.45) is 0. The quantitative estimate of drug-likeness (QED) is 0.384. The van der Waals surface area contributed by atoms with Crippen LogP contribution >= 0.6 is 15.9 Å². The van der Waals surface area contributed by atoms with E-state index in [2.05, 4.69) is 15.9 Å². The monoisotopic (exact) mass is 211 g/mol. The molecule has 0 aromatic rings. The third-order valence-corrected chi connectivity index (χ3v) is 2.65. The van der Waals surface area contributed by atoms with E-state index in [-0.39, 0.29) is 29.6 Å². The minimum Gasteiger partial charge on any atom is -0.285 e. The molecule has 0 bridgehead atoms. The molecule has 0 saturated heterocycles. The Morgan fingerprint density at radius 1 is 1.62 bits per heavy atom. The van der Waals surface area contributed by atoms with E-state index in [4.69, 9.17) is 4.55 Å². The van der Waals surface area contributed by atoms with Crippen molar-refractivity contribution in [3.63, 3.8) is 0 Å². The fraction of sp³-hybridized carbons (Fsp3) is 1.00. The average Bonchev–Trinajstić information content (AvgIpc) is 1.31. The van der Waals surface area contributed by atoms with E-state index in [1.807, 2.05) is 0 Å². The zero-order chi connectivity index (χ0) is 6.08. The Morgan fingerprint density at radius 3 is 1.75 bits per heavy atom. The van der Waals surface area contributed by atoms with Gasteiger partial charge in [0.25, 0.3) is 10.1 Å². The zero-order valence-corrected chi connectivity index (χ0v) is 9.03. The van der Waals surface area contributed by atoms with Crippen molar-refractivity contribution in [2.24, 2.45) is 0 Å². The molecule has 0 aliphatic heterocycles.